The number of primary amides is 1. The summed E-state index contributed by atoms with van der Waals surface area (Å²) in [7, 11) is 0. The van der Waals surface area contributed by atoms with Crippen molar-refractivity contribution in [2.45, 2.75) is 32.7 Å². The smallest absolute Gasteiger partial charge is 0.234 e. The highest BCUT2D eigenvalue weighted by Gasteiger charge is 2.11. The first-order valence-corrected chi connectivity index (χ1v) is 4.91. The third kappa shape index (κ3) is 5.53. The predicted octanol–water partition coefficient (Wildman–Crippen LogP) is -0.634. The molecule has 0 saturated heterocycles. The van der Waals surface area contributed by atoms with Crippen LogP contribution in [0.15, 0.2) is 0 Å². The summed E-state index contributed by atoms with van der Waals surface area (Å²) in [5, 5.41) is 5.59. The molecule has 0 aliphatic rings. The van der Waals surface area contributed by atoms with Crippen LogP contribution in [-0.4, -0.2) is 30.9 Å². The van der Waals surface area contributed by atoms with Crippen molar-refractivity contribution in [3.63, 3.8) is 0 Å². The number of hydrogen-bond acceptors (Lipinski definition) is 3. The number of nitrogens with one attached hydrogen (secondary N) is 2. The molecule has 0 aliphatic carbocycles. The highest BCUT2D eigenvalue weighted by molar-refractivity contribution is 5.80. The normalized spacial score (nSPS) is 12.1. The highest BCUT2D eigenvalue weighted by Crippen LogP contribution is 1.89. The Hall–Kier alpha value is -1.10. The molecule has 14 heavy (non-hydrogen) atoms. The average molecular weight is 201 g/mol. The molecule has 0 bridgehead atoms. The zero-order chi connectivity index (χ0) is 11.0. The lowest BCUT2D eigenvalue weighted by molar-refractivity contribution is -0.122. The Morgan fingerprint density at radius 2 is 2.00 bits per heavy atom. The summed E-state index contributed by atoms with van der Waals surface area (Å²) in [6.45, 7) is 4.84. The van der Waals surface area contributed by atoms with Gasteiger partial charge in [-0.2, -0.15) is 0 Å². The second-order valence-corrected chi connectivity index (χ2v) is 3.02. The molecule has 0 saturated carbocycles. The maximum Gasteiger partial charge on any atom is 0.234 e. The Morgan fingerprint density at radius 1 is 1.36 bits per heavy atom. The minimum absolute atomic E-state index is 0.0145. The van der Waals surface area contributed by atoms with Crippen molar-refractivity contribution in [2.24, 2.45) is 5.73 Å². The van der Waals surface area contributed by atoms with Gasteiger partial charge in [0.25, 0.3) is 0 Å². The summed E-state index contributed by atoms with van der Waals surface area (Å²) in [6, 6.07) is -0.329. The summed E-state index contributed by atoms with van der Waals surface area (Å²) in [5.41, 5.74) is 5.12. The zero-order valence-electron chi connectivity index (χ0n) is 8.80. The molecule has 0 rings (SSSR count). The lowest BCUT2D eigenvalue weighted by Crippen LogP contribution is -2.42. The van der Waals surface area contributed by atoms with Crippen LogP contribution < -0.4 is 16.4 Å². The SMILES string of the molecule is CCNC(=O)CCNC(CC)C(N)=O. The van der Waals surface area contributed by atoms with E-state index in [1.807, 2.05) is 13.8 Å². The van der Waals surface area contributed by atoms with Crippen molar-refractivity contribution in [2.75, 3.05) is 13.1 Å². The number of rotatable bonds is 7. The monoisotopic (exact) mass is 201 g/mol. The minimum Gasteiger partial charge on any atom is -0.368 e. The van der Waals surface area contributed by atoms with Crippen LogP contribution in [0, 0.1) is 0 Å². The second-order valence-electron chi connectivity index (χ2n) is 3.02. The van der Waals surface area contributed by atoms with Gasteiger partial charge in [0.15, 0.2) is 0 Å². The van der Waals surface area contributed by atoms with E-state index in [4.69, 9.17) is 5.73 Å². The van der Waals surface area contributed by atoms with E-state index >= 15 is 0 Å². The van der Waals surface area contributed by atoms with E-state index in [0.717, 1.165) is 0 Å². The molecule has 0 aromatic heterocycles. The summed E-state index contributed by atoms with van der Waals surface area (Å²) in [6.07, 6.45) is 1.02. The molecule has 0 heterocycles. The van der Waals surface area contributed by atoms with Gasteiger partial charge in [-0.3, -0.25) is 9.59 Å². The van der Waals surface area contributed by atoms with Crippen LogP contribution in [0.2, 0.25) is 0 Å². The van der Waals surface area contributed by atoms with Crippen molar-refractivity contribution >= 4 is 11.8 Å². The fourth-order valence-corrected chi connectivity index (χ4v) is 1.09. The Morgan fingerprint density at radius 3 is 2.43 bits per heavy atom. The third-order valence-corrected chi connectivity index (χ3v) is 1.87. The highest BCUT2D eigenvalue weighted by atomic mass is 16.2. The number of carbonyl (C=O) groups excluding carboxylic acids is 2. The van der Waals surface area contributed by atoms with Crippen molar-refractivity contribution < 1.29 is 9.59 Å². The molecular formula is C9H19N3O2. The second kappa shape index (κ2) is 7.32. The molecule has 0 aromatic rings. The molecule has 2 amide bonds. The Bertz CT molecular complexity index is 194. The van der Waals surface area contributed by atoms with Crippen molar-refractivity contribution in [3.8, 4) is 0 Å². The van der Waals surface area contributed by atoms with Crippen LogP contribution in [0.3, 0.4) is 0 Å². The van der Waals surface area contributed by atoms with Gasteiger partial charge in [0, 0.05) is 19.5 Å². The summed E-state index contributed by atoms with van der Waals surface area (Å²) < 4.78 is 0. The van der Waals surface area contributed by atoms with Gasteiger partial charge in [-0.15, -0.1) is 0 Å². The van der Waals surface area contributed by atoms with E-state index in [2.05, 4.69) is 10.6 Å². The van der Waals surface area contributed by atoms with Crippen LogP contribution in [0.5, 0.6) is 0 Å². The lowest BCUT2D eigenvalue weighted by Gasteiger charge is -2.12. The molecule has 0 aliphatic heterocycles. The van der Waals surface area contributed by atoms with Gasteiger partial charge in [0.1, 0.15) is 0 Å². The lowest BCUT2D eigenvalue weighted by atomic mass is 10.2. The standard InChI is InChI=1S/C9H19N3O2/c1-3-7(9(10)14)12-6-5-8(13)11-4-2/h7,12H,3-6H2,1-2H3,(H2,10,14)(H,11,13). The summed E-state index contributed by atoms with van der Waals surface area (Å²) >= 11 is 0. The van der Waals surface area contributed by atoms with Gasteiger partial charge in [-0.25, -0.2) is 0 Å². The first-order valence-electron chi connectivity index (χ1n) is 4.91. The number of nitrogens with two attached hydrogens (primary N) is 1. The largest absolute Gasteiger partial charge is 0.368 e. The Labute approximate surface area is 84.4 Å². The molecule has 0 radical (unpaired) electrons. The molecule has 82 valence electrons. The molecule has 0 fully saturated rings. The predicted molar refractivity (Wildman–Crippen MR) is 54.6 cm³/mol. The molecule has 1 atom stereocenters. The van der Waals surface area contributed by atoms with E-state index in [9.17, 15) is 9.59 Å². The van der Waals surface area contributed by atoms with Crippen LogP contribution in [0.1, 0.15) is 26.7 Å². The van der Waals surface area contributed by atoms with Crippen molar-refractivity contribution in [3.05, 3.63) is 0 Å². The van der Waals surface area contributed by atoms with E-state index in [0.29, 0.717) is 25.9 Å². The van der Waals surface area contributed by atoms with Gasteiger partial charge in [-0.1, -0.05) is 6.92 Å². The van der Waals surface area contributed by atoms with Crippen molar-refractivity contribution in [1.29, 1.82) is 0 Å². The molecule has 0 aromatic carbocycles. The van der Waals surface area contributed by atoms with Crippen LogP contribution >= 0.6 is 0 Å². The molecular weight excluding hydrogens is 182 g/mol. The average Bonchev–Trinajstić information content (AvgIpc) is 2.12. The number of hydrogen-bond donors (Lipinski definition) is 3. The topological polar surface area (TPSA) is 84.2 Å². The van der Waals surface area contributed by atoms with E-state index in [1.54, 1.807) is 0 Å². The van der Waals surface area contributed by atoms with Crippen LogP contribution in [-0.2, 0) is 9.59 Å². The van der Waals surface area contributed by atoms with E-state index < -0.39 is 0 Å². The van der Waals surface area contributed by atoms with Gasteiger partial charge in [0.05, 0.1) is 6.04 Å². The number of amides is 2. The van der Waals surface area contributed by atoms with E-state index in [-0.39, 0.29) is 17.9 Å². The van der Waals surface area contributed by atoms with E-state index in [1.165, 1.54) is 0 Å². The first-order chi connectivity index (χ1) is 6.61. The summed E-state index contributed by atoms with van der Waals surface area (Å²) in [4.78, 5) is 21.8. The molecule has 4 N–H and O–H groups in total. The fraction of sp³-hybridized carbons (Fsp3) is 0.778. The maximum atomic E-state index is 11.0. The molecule has 0 spiro atoms. The Balaban J connectivity index is 3.61. The minimum atomic E-state index is -0.372. The fourth-order valence-electron chi connectivity index (χ4n) is 1.09. The molecule has 5 heteroatoms. The third-order valence-electron chi connectivity index (χ3n) is 1.87. The Kier molecular flexibility index (Phi) is 6.74. The van der Waals surface area contributed by atoms with Crippen LogP contribution in [0.25, 0.3) is 0 Å². The van der Waals surface area contributed by atoms with Gasteiger partial charge < -0.3 is 16.4 Å². The first kappa shape index (κ1) is 12.9. The summed E-state index contributed by atoms with van der Waals surface area (Å²) in [5.74, 6) is -0.386. The van der Waals surface area contributed by atoms with Gasteiger partial charge in [-0.05, 0) is 13.3 Å². The van der Waals surface area contributed by atoms with Crippen LogP contribution in [0.4, 0.5) is 0 Å². The van der Waals surface area contributed by atoms with Gasteiger partial charge >= 0.3 is 0 Å². The van der Waals surface area contributed by atoms with Crippen molar-refractivity contribution in [1.82, 2.24) is 10.6 Å². The maximum absolute atomic E-state index is 11.0. The molecule has 1 unspecified atom stereocenters. The molecule has 5 nitrogen and oxygen atoms in total. The number of carbonyl (C=O) groups is 2. The zero-order valence-corrected chi connectivity index (χ0v) is 8.80. The quantitative estimate of drug-likeness (QED) is 0.512. The van der Waals surface area contributed by atoms with Gasteiger partial charge in [0.2, 0.25) is 11.8 Å².